The smallest absolute Gasteiger partial charge is 0.0443 e. The summed E-state index contributed by atoms with van der Waals surface area (Å²) >= 11 is 6.10. The summed E-state index contributed by atoms with van der Waals surface area (Å²) in [7, 11) is 0. The second-order valence-electron chi connectivity index (χ2n) is 4.22. The average Bonchev–Trinajstić information content (AvgIpc) is 2.07. The Balaban J connectivity index is 3.24. The maximum absolute atomic E-state index is 11.7. The molecular weight excluding hydrogens is 196 g/mol. The van der Waals surface area contributed by atoms with Crippen LogP contribution in [-0.4, -0.2) is 0 Å². The Morgan fingerprint density at radius 1 is 1.00 bits per heavy atom. The first kappa shape index (κ1) is 11.4. The number of rotatable bonds is 2. The first-order chi connectivity index (χ1) is 6.43. The van der Waals surface area contributed by atoms with Crippen LogP contribution in [0.4, 0.5) is 0 Å². The highest BCUT2D eigenvalue weighted by molar-refractivity contribution is 6.31. The maximum atomic E-state index is 11.7. The van der Waals surface area contributed by atoms with Gasteiger partial charge in [-0.05, 0) is 23.5 Å². The molecule has 0 aliphatic heterocycles. The molecule has 1 nitrogen and oxygen atoms in total. The summed E-state index contributed by atoms with van der Waals surface area (Å²) in [5, 5.41) is 12.4. The molecule has 0 fully saturated rings. The van der Waals surface area contributed by atoms with E-state index in [1.807, 2.05) is 33.8 Å². The van der Waals surface area contributed by atoms with Gasteiger partial charge in [-0.15, -0.1) is 5.75 Å². The summed E-state index contributed by atoms with van der Waals surface area (Å²) in [6.45, 7) is 8.08. The highest BCUT2D eigenvalue weighted by atomic mass is 35.5. The molecule has 0 N–H and O–H groups in total. The lowest BCUT2D eigenvalue weighted by Crippen LogP contribution is -2.01. The van der Waals surface area contributed by atoms with Crippen LogP contribution in [0.2, 0.25) is 5.02 Å². The first-order valence-corrected chi connectivity index (χ1v) is 5.31. The van der Waals surface area contributed by atoms with E-state index in [4.69, 9.17) is 11.6 Å². The van der Waals surface area contributed by atoms with Crippen LogP contribution in [0.1, 0.15) is 50.7 Å². The maximum Gasteiger partial charge on any atom is 0.0443 e. The molecule has 0 radical (unpaired) electrons. The van der Waals surface area contributed by atoms with Gasteiger partial charge in [0, 0.05) is 5.02 Å². The molecule has 0 bridgehead atoms. The van der Waals surface area contributed by atoms with Crippen LogP contribution in [0.3, 0.4) is 0 Å². The van der Waals surface area contributed by atoms with Crippen molar-refractivity contribution < 1.29 is 5.11 Å². The minimum atomic E-state index is 0.105. The van der Waals surface area contributed by atoms with Gasteiger partial charge in [-0.3, -0.25) is 0 Å². The summed E-state index contributed by atoms with van der Waals surface area (Å²) in [5.41, 5.74) is 1.75. The van der Waals surface area contributed by atoms with Crippen molar-refractivity contribution in [1.29, 1.82) is 0 Å². The fourth-order valence-corrected chi connectivity index (χ4v) is 1.87. The molecule has 1 aromatic carbocycles. The van der Waals surface area contributed by atoms with Crippen molar-refractivity contribution in [3.05, 3.63) is 28.3 Å². The summed E-state index contributed by atoms with van der Waals surface area (Å²) in [5.74, 6) is 0.644. The summed E-state index contributed by atoms with van der Waals surface area (Å²) in [6, 6.07) is 3.48. The SMILES string of the molecule is CC(C)c1cc(Cl)c(C(C)C)cc1[O-]. The third kappa shape index (κ3) is 2.21. The van der Waals surface area contributed by atoms with Crippen molar-refractivity contribution in [3.8, 4) is 5.75 Å². The molecule has 0 heterocycles. The lowest BCUT2D eigenvalue weighted by atomic mass is 9.96. The van der Waals surface area contributed by atoms with Crippen LogP contribution >= 0.6 is 11.6 Å². The van der Waals surface area contributed by atoms with E-state index in [-0.39, 0.29) is 11.7 Å². The number of hydrogen-bond donors (Lipinski definition) is 0. The number of hydrogen-bond acceptors (Lipinski definition) is 1. The van der Waals surface area contributed by atoms with E-state index < -0.39 is 0 Å². The van der Waals surface area contributed by atoms with E-state index in [0.717, 1.165) is 11.1 Å². The molecule has 0 aromatic heterocycles. The third-order valence-corrected chi connectivity index (χ3v) is 2.70. The van der Waals surface area contributed by atoms with E-state index in [0.29, 0.717) is 10.9 Å². The van der Waals surface area contributed by atoms with Gasteiger partial charge in [-0.2, -0.15) is 0 Å². The Labute approximate surface area is 90.7 Å². The lowest BCUT2D eigenvalue weighted by Gasteiger charge is -2.20. The first-order valence-electron chi connectivity index (χ1n) is 4.93. The van der Waals surface area contributed by atoms with Crippen molar-refractivity contribution in [3.63, 3.8) is 0 Å². The van der Waals surface area contributed by atoms with Gasteiger partial charge in [0.1, 0.15) is 0 Å². The second kappa shape index (κ2) is 4.22. The summed E-state index contributed by atoms with van der Waals surface area (Å²) in [6.07, 6.45) is 0. The Morgan fingerprint density at radius 3 is 1.93 bits per heavy atom. The van der Waals surface area contributed by atoms with E-state index in [9.17, 15) is 5.11 Å². The molecule has 0 aliphatic carbocycles. The molecule has 0 spiro atoms. The quantitative estimate of drug-likeness (QED) is 0.732. The Hall–Kier alpha value is -0.690. The fraction of sp³-hybridized carbons (Fsp3) is 0.500. The van der Waals surface area contributed by atoms with Crippen LogP contribution in [0.5, 0.6) is 5.75 Å². The average molecular weight is 212 g/mol. The van der Waals surface area contributed by atoms with Crippen molar-refractivity contribution in [2.75, 3.05) is 0 Å². The molecular formula is C12H16ClO-. The van der Waals surface area contributed by atoms with Crippen LogP contribution in [0.15, 0.2) is 12.1 Å². The number of benzene rings is 1. The lowest BCUT2D eigenvalue weighted by molar-refractivity contribution is -0.269. The highest BCUT2D eigenvalue weighted by Gasteiger charge is 2.08. The van der Waals surface area contributed by atoms with Gasteiger partial charge in [-0.25, -0.2) is 0 Å². The molecule has 0 amide bonds. The summed E-state index contributed by atoms with van der Waals surface area (Å²) in [4.78, 5) is 0. The molecule has 0 unspecified atom stereocenters. The normalized spacial score (nSPS) is 11.4. The van der Waals surface area contributed by atoms with Crippen LogP contribution in [0.25, 0.3) is 0 Å². The monoisotopic (exact) mass is 211 g/mol. The molecule has 2 heteroatoms. The van der Waals surface area contributed by atoms with Gasteiger partial charge in [0.05, 0.1) is 0 Å². The van der Waals surface area contributed by atoms with Gasteiger partial charge in [0.25, 0.3) is 0 Å². The minimum absolute atomic E-state index is 0.105. The van der Waals surface area contributed by atoms with Crippen molar-refractivity contribution in [1.82, 2.24) is 0 Å². The Morgan fingerprint density at radius 2 is 1.50 bits per heavy atom. The topological polar surface area (TPSA) is 23.1 Å². The zero-order valence-corrected chi connectivity index (χ0v) is 9.85. The fourth-order valence-electron chi connectivity index (χ4n) is 1.48. The number of halogens is 1. The van der Waals surface area contributed by atoms with Crippen molar-refractivity contribution in [2.45, 2.75) is 39.5 Å². The van der Waals surface area contributed by atoms with Crippen molar-refractivity contribution >= 4 is 11.6 Å². The van der Waals surface area contributed by atoms with Gasteiger partial charge < -0.3 is 5.11 Å². The standard InChI is InChI=1S/C12H17ClO/c1-7(2)9-6-12(14)10(8(3)4)5-11(9)13/h5-8,14H,1-4H3/p-1. The Bertz CT molecular complexity index is 296. The molecule has 0 saturated heterocycles. The minimum Gasteiger partial charge on any atom is -0.872 e. The molecule has 0 saturated carbocycles. The van der Waals surface area contributed by atoms with Gasteiger partial charge in [0.15, 0.2) is 0 Å². The zero-order valence-electron chi connectivity index (χ0n) is 9.10. The van der Waals surface area contributed by atoms with Gasteiger partial charge in [0.2, 0.25) is 0 Å². The second-order valence-corrected chi connectivity index (χ2v) is 4.63. The molecule has 0 atom stereocenters. The van der Waals surface area contributed by atoms with Crippen molar-refractivity contribution in [2.24, 2.45) is 0 Å². The van der Waals surface area contributed by atoms with E-state index in [2.05, 4.69) is 0 Å². The summed E-state index contributed by atoms with van der Waals surface area (Å²) < 4.78 is 0. The van der Waals surface area contributed by atoms with E-state index >= 15 is 0 Å². The predicted octanol–water partition coefficient (Wildman–Crippen LogP) is 3.66. The van der Waals surface area contributed by atoms with E-state index in [1.54, 1.807) is 6.07 Å². The van der Waals surface area contributed by atoms with E-state index in [1.165, 1.54) is 0 Å². The third-order valence-electron chi connectivity index (χ3n) is 2.37. The zero-order chi connectivity index (χ0) is 10.9. The molecule has 0 aliphatic rings. The van der Waals surface area contributed by atoms with Crippen LogP contribution < -0.4 is 5.11 Å². The molecule has 14 heavy (non-hydrogen) atoms. The van der Waals surface area contributed by atoms with Crippen LogP contribution in [-0.2, 0) is 0 Å². The van der Waals surface area contributed by atoms with Crippen LogP contribution in [0, 0.1) is 0 Å². The highest BCUT2D eigenvalue weighted by Crippen LogP contribution is 2.33. The van der Waals surface area contributed by atoms with Gasteiger partial charge >= 0.3 is 0 Å². The molecule has 78 valence electrons. The molecule has 1 aromatic rings. The predicted molar refractivity (Wildman–Crippen MR) is 59.1 cm³/mol. The largest absolute Gasteiger partial charge is 0.872 e. The van der Waals surface area contributed by atoms with Gasteiger partial charge in [-0.1, -0.05) is 50.9 Å². The Kier molecular flexibility index (Phi) is 3.43. The molecule has 1 rings (SSSR count).